The first kappa shape index (κ1) is 19.5. The summed E-state index contributed by atoms with van der Waals surface area (Å²) in [4.78, 5) is 20.4. The lowest BCUT2D eigenvalue weighted by molar-refractivity contribution is -0.117. The third-order valence-electron chi connectivity index (χ3n) is 5.53. The highest BCUT2D eigenvalue weighted by Gasteiger charge is 2.44. The Bertz CT molecular complexity index is 1090. The number of likely N-dealkylation sites (tertiary alicyclic amines) is 1. The van der Waals surface area contributed by atoms with E-state index in [1.165, 1.54) is 0 Å². The molecule has 2 aliphatic rings. The molecule has 30 heavy (non-hydrogen) atoms. The van der Waals surface area contributed by atoms with Crippen molar-refractivity contribution >= 4 is 28.8 Å². The molecular weight excluding hydrogens is 415 g/mol. The van der Waals surface area contributed by atoms with Gasteiger partial charge in [0.2, 0.25) is 11.9 Å². The maximum Gasteiger partial charge on any atom is 0.250 e. The number of carbonyl (C=O) groups is 1. The van der Waals surface area contributed by atoms with Crippen LogP contribution in [0.5, 0.6) is 0 Å². The van der Waals surface area contributed by atoms with Crippen molar-refractivity contribution in [1.29, 1.82) is 0 Å². The van der Waals surface area contributed by atoms with Gasteiger partial charge in [0, 0.05) is 37.4 Å². The number of hydrogen-bond donors (Lipinski definition) is 1. The fraction of sp³-hybridized carbons (Fsp3) is 0.450. The standard InChI is InChI=1S/C20H20F3N5OS/c21-14-10-13(14)18(29)25-19-24-17-3-1-2-15(28(17)26-19)16-5-4-12(30-16)11-27-8-6-20(22,23)7-9-27/h1-5,13-14H,6-11H2,(H,25,26,29)/t13-,14-/m0/s1. The van der Waals surface area contributed by atoms with Gasteiger partial charge in [-0.05, 0) is 30.7 Å². The molecule has 6 nitrogen and oxygen atoms in total. The molecule has 1 saturated carbocycles. The molecule has 10 heteroatoms. The molecule has 5 rings (SSSR count). The lowest BCUT2D eigenvalue weighted by atomic mass is 10.1. The van der Waals surface area contributed by atoms with E-state index in [0.29, 0.717) is 25.3 Å². The molecule has 1 N–H and O–H groups in total. The van der Waals surface area contributed by atoms with E-state index in [4.69, 9.17) is 0 Å². The van der Waals surface area contributed by atoms with Gasteiger partial charge in [-0.3, -0.25) is 15.0 Å². The smallest absolute Gasteiger partial charge is 0.250 e. The lowest BCUT2D eigenvalue weighted by Crippen LogP contribution is -2.38. The van der Waals surface area contributed by atoms with Gasteiger partial charge in [0.1, 0.15) is 6.17 Å². The maximum absolute atomic E-state index is 13.4. The number of carbonyl (C=O) groups excluding carboxylic acids is 1. The number of nitrogens with zero attached hydrogens (tertiary/aromatic N) is 4. The summed E-state index contributed by atoms with van der Waals surface area (Å²) in [6.07, 6.45) is -1.02. The Morgan fingerprint density at radius 2 is 2.00 bits per heavy atom. The first-order chi connectivity index (χ1) is 14.4. The number of halogens is 3. The minimum absolute atomic E-state index is 0.0952. The number of fused-ring (bicyclic) bond motifs is 1. The second-order valence-electron chi connectivity index (χ2n) is 7.86. The van der Waals surface area contributed by atoms with E-state index < -0.39 is 23.9 Å². The molecule has 1 aliphatic carbocycles. The van der Waals surface area contributed by atoms with Gasteiger partial charge >= 0.3 is 0 Å². The van der Waals surface area contributed by atoms with Crippen LogP contribution in [0.15, 0.2) is 30.3 Å². The first-order valence-corrected chi connectivity index (χ1v) is 10.7. The Kier molecular flexibility index (Phi) is 4.78. The van der Waals surface area contributed by atoms with Crippen LogP contribution in [0.3, 0.4) is 0 Å². The summed E-state index contributed by atoms with van der Waals surface area (Å²) in [6.45, 7) is 1.42. The number of hydrogen-bond acceptors (Lipinski definition) is 5. The second-order valence-corrected chi connectivity index (χ2v) is 9.03. The Balaban J connectivity index is 1.33. The van der Waals surface area contributed by atoms with E-state index in [0.717, 1.165) is 15.4 Å². The van der Waals surface area contributed by atoms with Crippen molar-refractivity contribution in [3.05, 3.63) is 35.2 Å². The van der Waals surface area contributed by atoms with Gasteiger partial charge in [-0.2, -0.15) is 4.98 Å². The highest BCUT2D eigenvalue weighted by Crippen LogP contribution is 2.35. The predicted molar refractivity (Wildman–Crippen MR) is 107 cm³/mol. The quantitative estimate of drug-likeness (QED) is 0.659. The van der Waals surface area contributed by atoms with Gasteiger partial charge in [0.15, 0.2) is 5.65 Å². The Morgan fingerprint density at radius 3 is 2.73 bits per heavy atom. The Hall–Kier alpha value is -2.46. The van der Waals surface area contributed by atoms with Gasteiger partial charge in [0.05, 0.1) is 16.5 Å². The molecule has 1 saturated heterocycles. The summed E-state index contributed by atoms with van der Waals surface area (Å²) < 4.78 is 41.4. The van der Waals surface area contributed by atoms with Crippen molar-refractivity contribution in [2.24, 2.45) is 5.92 Å². The Morgan fingerprint density at radius 1 is 1.23 bits per heavy atom. The molecule has 158 valence electrons. The Labute approximate surface area is 174 Å². The average molecular weight is 435 g/mol. The zero-order valence-electron chi connectivity index (χ0n) is 16.0. The van der Waals surface area contributed by atoms with Crippen LogP contribution in [0.25, 0.3) is 16.2 Å². The van der Waals surface area contributed by atoms with Crippen molar-refractivity contribution in [2.45, 2.75) is 37.9 Å². The van der Waals surface area contributed by atoms with Crippen molar-refractivity contribution in [3.8, 4) is 10.6 Å². The topological polar surface area (TPSA) is 62.5 Å². The summed E-state index contributed by atoms with van der Waals surface area (Å²) in [5, 5.41) is 6.95. The molecule has 0 unspecified atom stereocenters. The monoisotopic (exact) mass is 435 g/mol. The SMILES string of the molecule is O=C(Nc1nc2cccc(-c3ccc(CN4CCC(F)(F)CC4)s3)n2n1)[C@H]1C[C@@H]1F. The molecule has 3 aromatic rings. The van der Waals surface area contributed by atoms with E-state index >= 15 is 0 Å². The number of piperidine rings is 1. The highest BCUT2D eigenvalue weighted by atomic mass is 32.1. The van der Waals surface area contributed by atoms with E-state index in [9.17, 15) is 18.0 Å². The van der Waals surface area contributed by atoms with Gasteiger partial charge in [-0.15, -0.1) is 16.4 Å². The van der Waals surface area contributed by atoms with E-state index in [-0.39, 0.29) is 25.2 Å². The molecule has 1 amide bonds. The fourth-order valence-corrected chi connectivity index (χ4v) is 4.70. The van der Waals surface area contributed by atoms with Gasteiger partial charge in [0.25, 0.3) is 5.92 Å². The van der Waals surface area contributed by atoms with Crippen LogP contribution in [0.2, 0.25) is 0 Å². The third-order valence-corrected chi connectivity index (χ3v) is 6.62. The third kappa shape index (κ3) is 3.93. The van der Waals surface area contributed by atoms with E-state index in [1.807, 2.05) is 29.2 Å². The molecule has 3 aromatic heterocycles. The number of rotatable bonds is 5. The van der Waals surface area contributed by atoms with Crippen LogP contribution in [-0.4, -0.2) is 50.6 Å². The number of thiophene rings is 1. The number of pyridine rings is 1. The van der Waals surface area contributed by atoms with Gasteiger partial charge in [-0.1, -0.05) is 6.07 Å². The zero-order chi connectivity index (χ0) is 20.9. The summed E-state index contributed by atoms with van der Waals surface area (Å²) >= 11 is 1.58. The summed E-state index contributed by atoms with van der Waals surface area (Å²) in [5.41, 5.74) is 1.39. The maximum atomic E-state index is 13.4. The van der Waals surface area contributed by atoms with Crippen molar-refractivity contribution in [1.82, 2.24) is 19.5 Å². The van der Waals surface area contributed by atoms with Crippen LogP contribution in [0.1, 0.15) is 24.1 Å². The minimum Gasteiger partial charge on any atom is -0.298 e. The molecule has 1 aliphatic heterocycles. The minimum atomic E-state index is -2.54. The molecule has 2 atom stereocenters. The number of alkyl halides is 3. The summed E-state index contributed by atoms with van der Waals surface area (Å²) in [6, 6.07) is 9.52. The van der Waals surface area contributed by atoms with Crippen LogP contribution in [0.4, 0.5) is 19.1 Å². The number of aromatic nitrogens is 3. The molecular formula is C20H20F3N5OS. The van der Waals surface area contributed by atoms with Crippen molar-refractivity contribution in [2.75, 3.05) is 18.4 Å². The first-order valence-electron chi connectivity index (χ1n) is 9.88. The highest BCUT2D eigenvalue weighted by molar-refractivity contribution is 7.15. The molecule has 0 bridgehead atoms. The second kappa shape index (κ2) is 7.35. The largest absolute Gasteiger partial charge is 0.298 e. The van der Waals surface area contributed by atoms with E-state index in [2.05, 4.69) is 15.4 Å². The molecule has 2 fully saturated rings. The zero-order valence-corrected chi connectivity index (χ0v) is 16.8. The average Bonchev–Trinajstić information content (AvgIpc) is 3.10. The molecule has 4 heterocycles. The van der Waals surface area contributed by atoms with Crippen LogP contribution in [0, 0.1) is 5.92 Å². The summed E-state index contributed by atoms with van der Waals surface area (Å²) in [5.74, 6) is -3.40. The van der Waals surface area contributed by atoms with Crippen molar-refractivity contribution < 1.29 is 18.0 Å². The van der Waals surface area contributed by atoms with Crippen LogP contribution >= 0.6 is 11.3 Å². The van der Waals surface area contributed by atoms with Gasteiger partial charge in [-0.25, -0.2) is 17.7 Å². The lowest BCUT2D eigenvalue weighted by Gasteiger charge is -2.31. The number of nitrogens with one attached hydrogen (secondary N) is 1. The molecule has 0 spiro atoms. The predicted octanol–water partition coefficient (Wildman–Crippen LogP) is 3.99. The van der Waals surface area contributed by atoms with Crippen LogP contribution < -0.4 is 5.32 Å². The fourth-order valence-electron chi connectivity index (χ4n) is 3.64. The summed E-state index contributed by atoms with van der Waals surface area (Å²) in [7, 11) is 0. The van der Waals surface area contributed by atoms with Crippen molar-refractivity contribution in [3.63, 3.8) is 0 Å². The van der Waals surface area contributed by atoms with E-state index in [1.54, 1.807) is 21.9 Å². The van der Waals surface area contributed by atoms with Gasteiger partial charge < -0.3 is 0 Å². The normalized spacial score (nSPS) is 23.6. The van der Waals surface area contributed by atoms with Crippen LogP contribution in [-0.2, 0) is 11.3 Å². The molecule has 0 aromatic carbocycles. The number of amides is 1. The number of anilines is 1. The molecule has 0 radical (unpaired) electrons.